The highest BCUT2D eigenvalue weighted by molar-refractivity contribution is 7.99. The van der Waals surface area contributed by atoms with Crippen LogP contribution in [0.4, 0.5) is 13.2 Å². The number of hydrogen-bond acceptors (Lipinski definition) is 5. The van der Waals surface area contributed by atoms with Crippen LogP contribution >= 0.6 is 23.4 Å². The van der Waals surface area contributed by atoms with Crippen LogP contribution in [-0.4, -0.2) is 28.8 Å². The Kier molecular flexibility index (Phi) is 7.31. The fourth-order valence-electron chi connectivity index (χ4n) is 2.36. The lowest BCUT2D eigenvalue weighted by molar-refractivity contribution is -0.137. The van der Waals surface area contributed by atoms with E-state index in [0.717, 1.165) is 17.2 Å². The van der Waals surface area contributed by atoms with Crippen LogP contribution in [0.2, 0.25) is 5.02 Å². The summed E-state index contributed by atoms with van der Waals surface area (Å²) in [5, 5.41) is 1.43. The van der Waals surface area contributed by atoms with E-state index in [9.17, 15) is 22.8 Å². The summed E-state index contributed by atoms with van der Waals surface area (Å²) < 4.78 is 43.5. The Morgan fingerprint density at radius 2 is 2.11 bits per heavy atom. The molecule has 0 spiro atoms. The van der Waals surface area contributed by atoms with E-state index in [0.29, 0.717) is 24.8 Å². The molecule has 0 saturated carbocycles. The molecule has 1 N–H and O–H groups in total. The van der Waals surface area contributed by atoms with E-state index in [2.05, 4.69) is 10.3 Å². The van der Waals surface area contributed by atoms with Crippen molar-refractivity contribution in [2.45, 2.75) is 24.8 Å². The summed E-state index contributed by atoms with van der Waals surface area (Å²) in [7, 11) is 0. The number of benzene rings is 1. The molecule has 1 heterocycles. The van der Waals surface area contributed by atoms with Gasteiger partial charge in [0.05, 0.1) is 10.8 Å². The maximum Gasteiger partial charge on any atom is 0.417 e. The largest absolute Gasteiger partial charge is 0.438 e. The van der Waals surface area contributed by atoms with E-state index >= 15 is 0 Å². The van der Waals surface area contributed by atoms with Crippen LogP contribution in [0.5, 0.6) is 11.6 Å². The highest BCUT2D eigenvalue weighted by atomic mass is 35.5. The standard InChI is InChI=1S/C18H16ClF3N2O3S/c1-10-5-13(4-3-11(10)6-15(28-2)16(26)24-9-25)27-17-14(19)7-12(8-23-17)18(20,21)22/h3-5,7-9,15H,6H2,1-2H3,(H,24,25,26). The first-order valence-corrected chi connectivity index (χ1v) is 9.59. The molecule has 2 rings (SSSR count). The zero-order valence-corrected chi connectivity index (χ0v) is 16.4. The number of halogens is 4. The fraction of sp³-hybridized carbons (Fsp3) is 0.278. The van der Waals surface area contributed by atoms with E-state index < -0.39 is 17.0 Å². The van der Waals surface area contributed by atoms with Crippen LogP contribution in [-0.2, 0) is 22.2 Å². The van der Waals surface area contributed by atoms with Gasteiger partial charge in [0, 0.05) is 6.20 Å². The van der Waals surface area contributed by atoms with Crippen LogP contribution in [0, 0.1) is 6.92 Å². The zero-order valence-electron chi connectivity index (χ0n) is 14.8. The second-order valence-electron chi connectivity index (χ2n) is 5.75. The predicted molar refractivity (Wildman–Crippen MR) is 101 cm³/mol. The number of aryl methyl sites for hydroxylation is 1. The first-order valence-electron chi connectivity index (χ1n) is 7.92. The maximum absolute atomic E-state index is 12.7. The van der Waals surface area contributed by atoms with E-state index in [4.69, 9.17) is 16.3 Å². The number of ether oxygens (including phenoxy) is 1. The monoisotopic (exact) mass is 432 g/mol. The first kappa shape index (κ1) is 22.0. The van der Waals surface area contributed by atoms with Crippen molar-refractivity contribution in [3.8, 4) is 11.6 Å². The lowest BCUT2D eigenvalue weighted by Gasteiger charge is -2.15. The number of alkyl halides is 3. The van der Waals surface area contributed by atoms with Gasteiger partial charge in [0.15, 0.2) is 0 Å². The molecule has 0 bridgehead atoms. The van der Waals surface area contributed by atoms with Crippen molar-refractivity contribution in [2.75, 3.05) is 6.26 Å². The molecular formula is C18H16ClF3N2O3S. The Balaban J connectivity index is 2.16. The van der Waals surface area contributed by atoms with E-state index in [-0.39, 0.29) is 16.8 Å². The number of amides is 2. The van der Waals surface area contributed by atoms with Gasteiger partial charge in [-0.05, 0) is 48.9 Å². The van der Waals surface area contributed by atoms with Crippen LogP contribution in [0.25, 0.3) is 0 Å². The highest BCUT2D eigenvalue weighted by Gasteiger charge is 2.31. The number of aromatic nitrogens is 1. The fourth-order valence-corrected chi connectivity index (χ4v) is 3.20. The third kappa shape index (κ3) is 5.62. The molecule has 2 aromatic rings. The normalized spacial score (nSPS) is 12.4. The van der Waals surface area contributed by atoms with Crippen LogP contribution in [0.3, 0.4) is 0 Å². The van der Waals surface area contributed by atoms with E-state index in [1.807, 2.05) is 0 Å². The number of nitrogens with one attached hydrogen (secondary N) is 1. The van der Waals surface area contributed by atoms with Gasteiger partial charge in [0.1, 0.15) is 10.8 Å². The maximum atomic E-state index is 12.7. The van der Waals surface area contributed by atoms with Crippen molar-refractivity contribution in [3.63, 3.8) is 0 Å². The summed E-state index contributed by atoms with van der Waals surface area (Å²) >= 11 is 7.16. The molecule has 0 saturated heterocycles. The van der Waals surface area contributed by atoms with Crippen LogP contribution in [0.15, 0.2) is 30.5 Å². The van der Waals surface area contributed by atoms with Gasteiger partial charge in [-0.3, -0.25) is 14.9 Å². The van der Waals surface area contributed by atoms with Crippen LogP contribution < -0.4 is 10.1 Å². The molecule has 2 amide bonds. The Morgan fingerprint density at radius 3 is 2.64 bits per heavy atom. The predicted octanol–water partition coefficient (Wildman–Crippen LogP) is 4.40. The number of thioether (sulfide) groups is 1. The van der Waals surface area contributed by atoms with Crippen LogP contribution in [0.1, 0.15) is 16.7 Å². The number of carbonyl (C=O) groups is 2. The molecule has 0 aliphatic rings. The molecule has 1 atom stereocenters. The molecule has 1 aromatic heterocycles. The van der Waals surface area contributed by atoms with E-state index in [1.54, 1.807) is 31.4 Å². The molecule has 5 nitrogen and oxygen atoms in total. The Morgan fingerprint density at radius 1 is 1.39 bits per heavy atom. The third-order valence-corrected chi connectivity index (χ3v) is 5.07. The van der Waals surface area contributed by atoms with Crippen molar-refractivity contribution < 1.29 is 27.5 Å². The minimum Gasteiger partial charge on any atom is -0.438 e. The van der Waals surface area contributed by atoms with Gasteiger partial charge in [-0.15, -0.1) is 0 Å². The highest BCUT2D eigenvalue weighted by Crippen LogP contribution is 2.35. The topological polar surface area (TPSA) is 68.3 Å². The molecule has 0 fully saturated rings. The number of hydrogen-bond donors (Lipinski definition) is 1. The summed E-state index contributed by atoms with van der Waals surface area (Å²) in [5.41, 5.74) is 0.700. The van der Waals surface area contributed by atoms with Gasteiger partial charge in [-0.1, -0.05) is 17.7 Å². The molecule has 0 radical (unpaired) electrons. The van der Waals surface area contributed by atoms with Crippen molar-refractivity contribution in [3.05, 3.63) is 52.2 Å². The SMILES string of the molecule is CSC(Cc1ccc(Oc2ncc(C(F)(F)F)cc2Cl)cc1C)C(=O)NC=O. The Labute approximate surface area is 168 Å². The van der Waals surface area contributed by atoms with Gasteiger partial charge in [0.2, 0.25) is 18.2 Å². The number of imide groups is 1. The second kappa shape index (κ2) is 9.29. The summed E-state index contributed by atoms with van der Waals surface area (Å²) in [5.74, 6) is -0.189. The molecule has 0 aliphatic carbocycles. The Hall–Kier alpha value is -2.26. The number of carbonyl (C=O) groups excluding carboxylic acids is 2. The molecular weight excluding hydrogens is 417 g/mol. The molecule has 1 aromatic carbocycles. The quantitative estimate of drug-likeness (QED) is 0.657. The van der Waals surface area contributed by atoms with Crippen molar-refractivity contribution in [1.82, 2.24) is 10.3 Å². The van der Waals surface area contributed by atoms with Gasteiger partial charge >= 0.3 is 6.18 Å². The van der Waals surface area contributed by atoms with Gasteiger partial charge in [0.25, 0.3) is 0 Å². The number of rotatable bonds is 7. The third-order valence-electron chi connectivity index (χ3n) is 3.85. The summed E-state index contributed by atoms with van der Waals surface area (Å²) in [6.07, 6.45) is -1.39. The summed E-state index contributed by atoms with van der Waals surface area (Å²) in [6.45, 7) is 1.80. The molecule has 1 unspecified atom stereocenters. The van der Waals surface area contributed by atoms with E-state index in [1.165, 1.54) is 11.8 Å². The molecule has 0 aliphatic heterocycles. The van der Waals surface area contributed by atoms with Gasteiger partial charge in [-0.2, -0.15) is 24.9 Å². The van der Waals surface area contributed by atoms with Crippen molar-refractivity contribution in [2.24, 2.45) is 0 Å². The minimum absolute atomic E-state index is 0.144. The molecule has 150 valence electrons. The number of nitrogens with zero attached hydrogens (tertiary/aromatic N) is 1. The Bertz CT molecular complexity index is 878. The summed E-state index contributed by atoms with van der Waals surface area (Å²) in [6, 6.07) is 5.76. The smallest absolute Gasteiger partial charge is 0.417 e. The summed E-state index contributed by atoms with van der Waals surface area (Å²) in [4.78, 5) is 25.9. The zero-order chi connectivity index (χ0) is 20.9. The minimum atomic E-state index is -4.54. The lowest BCUT2D eigenvalue weighted by atomic mass is 10.0. The van der Waals surface area contributed by atoms with Crippen molar-refractivity contribution in [1.29, 1.82) is 0 Å². The lowest BCUT2D eigenvalue weighted by Crippen LogP contribution is -2.33. The first-order chi connectivity index (χ1) is 13.2. The average Bonchev–Trinajstić information content (AvgIpc) is 2.62. The second-order valence-corrected chi connectivity index (χ2v) is 7.20. The average molecular weight is 433 g/mol. The van der Waals surface area contributed by atoms with Gasteiger partial charge < -0.3 is 4.74 Å². The molecule has 28 heavy (non-hydrogen) atoms. The van der Waals surface area contributed by atoms with Crippen molar-refractivity contribution >= 4 is 35.7 Å². The number of pyridine rings is 1. The molecule has 10 heteroatoms. The van der Waals surface area contributed by atoms with Gasteiger partial charge in [-0.25, -0.2) is 4.98 Å².